The van der Waals surface area contributed by atoms with Crippen LogP contribution >= 0.6 is 15.9 Å². The number of rotatable bonds is 1. The second kappa shape index (κ2) is 3.22. The maximum Gasteiger partial charge on any atom is 0.159 e. The van der Waals surface area contributed by atoms with E-state index in [0.29, 0.717) is 11.0 Å². The fourth-order valence-electron chi connectivity index (χ4n) is 0.833. The van der Waals surface area contributed by atoms with Crippen LogP contribution < -0.4 is 5.46 Å². The number of hydrogen-bond donors (Lipinski definition) is 0. The molecule has 2 radical (unpaired) electrons. The average molecular weight is 209 g/mol. The predicted molar refractivity (Wildman–Crippen MR) is 49.5 cm³/mol. The standard InChI is InChI=1S/C8H6BBrO/c1-5(11)7-4-6(10)2-3-8(7)9/h2-4H,1H3. The lowest BCUT2D eigenvalue weighted by Gasteiger charge is -2.01. The molecule has 0 aliphatic rings. The summed E-state index contributed by atoms with van der Waals surface area (Å²) in [4.78, 5) is 10.9. The zero-order valence-electron chi connectivity index (χ0n) is 6.10. The zero-order chi connectivity index (χ0) is 8.43. The van der Waals surface area contributed by atoms with Crippen molar-refractivity contribution in [2.45, 2.75) is 6.92 Å². The van der Waals surface area contributed by atoms with Gasteiger partial charge in [0.05, 0.1) is 0 Å². The SMILES string of the molecule is [B]c1ccc(Br)cc1C(C)=O. The van der Waals surface area contributed by atoms with Crippen LogP contribution in [0.25, 0.3) is 0 Å². The van der Waals surface area contributed by atoms with Crippen LogP contribution in [-0.4, -0.2) is 13.6 Å². The minimum atomic E-state index is -0.0104. The van der Waals surface area contributed by atoms with Crippen molar-refractivity contribution in [1.82, 2.24) is 0 Å². The van der Waals surface area contributed by atoms with Crippen LogP contribution in [0, 0.1) is 0 Å². The van der Waals surface area contributed by atoms with E-state index in [1.54, 1.807) is 12.1 Å². The van der Waals surface area contributed by atoms with Gasteiger partial charge >= 0.3 is 0 Å². The molecule has 0 fully saturated rings. The van der Waals surface area contributed by atoms with Crippen LogP contribution in [0.5, 0.6) is 0 Å². The molecule has 0 amide bonds. The number of carbonyl (C=O) groups excluding carboxylic acids is 1. The summed E-state index contributed by atoms with van der Waals surface area (Å²) in [5.41, 5.74) is 1.10. The van der Waals surface area contributed by atoms with E-state index in [0.717, 1.165) is 4.47 Å². The third-order valence-electron chi connectivity index (χ3n) is 1.39. The molecular weight excluding hydrogens is 203 g/mol. The van der Waals surface area contributed by atoms with E-state index in [4.69, 9.17) is 7.85 Å². The van der Waals surface area contributed by atoms with Gasteiger partial charge in [-0.25, -0.2) is 0 Å². The van der Waals surface area contributed by atoms with Gasteiger partial charge in [-0.05, 0) is 19.1 Å². The maximum atomic E-state index is 10.9. The fraction of sp³-hybridized carbons (Fsp3) is 0.125. The molecule has 1 rings (SSSR count). The largest absolute Gasteiger partial charge is 0.295 e. The van der Waals surface area contributed by atoms with Crippen LogP contribution in [0.2, 0.25) is 0 Å². The van der Waals surface area contributed by atoms with Crippen LogP contribution in [0.4, 0.5) is 0 Å². The molecule has 0 aromatic heterocycles. The molecule has 0 unspecified atom stereocenters. The first-order valence-electron chi connectivity index (χ1n) is 3.17. The van der Waals surface area contributed by atoms with Gasteiger partial charge in [0.2, 0.25) is 0 Å². The summed E-state index contributed by atoms with van der Waals surface area (Å²) in [6.45, 7) is 1.50. The van der Waals surface area contributed by atoms with Crippen molar-refractivity contribution < 1.29 is 4.79 Å². The van der Waals surface area contributed by atoms with E-state index in [-0.39, 0.29) is 5.78 Å². The Labute approximate surface area is 75.3 Å². The first-order chi connectivity index (χ1) is 5.11. The summed E-state index contributed by atoms with van der Waals surface area (Å²) in [6.07, 6.45) is 0. The van der Waals surface area contributed by atoms with Crippen molar-refractivity contribution >= 4 is 35.0 Å². The second-order valence-electron chi connectivity index (χ2n) is 2.29. The maximum absolute atomic E-state index is 10.9. The van der Waals surface area contributed by atoms with Crippen LogP contribution in [0.3, 0.4) is 0 Å². The predicted octanol–water partition coefficient (Wildman–Crippen LogP) is 1.45. The number of hydrogen-bond acceptors (Lipinski definition) is 1. The molecule has 0 N–H and O–H groups in total. The molecule has 0 saturated carbocycles. The highest BCUT2D eigenvalue weighted by molar-refractivity contribution is 9.10. The molecule has 1 aromatic carbocycles. The molecule has 0 aliphatic heterocycles. The molecule has 11 heavy (non-hydrogen) atoms. The molecule has 0 heterocycles. The van der Waals surface area contributed by atoms with Crippen molar-refractivity contribution in [2.75, 3.05) is 0 Å². The Kier molecular flexibility index (Phi) is 2.50. The Morgan fingerprint density at radius 1 is 1.55 bits per heavy atom. The van der Waals surface area contributed by atoms with Crippen LogP contribution in [0.15, 0.2) is 22.7 Å². The summed E-state index contributed by atoms with van der Waals surface area (Å²) >= 11 is 3.26. The van der Waals surface area contributed by atoms with Gasteiger partial charge < -0.3 is 0 Å². The smallest absolute Gasteiger partial charge is 0.159 e. The lowest BCUT2D eigenvalue weighted by atomic mass is 9.89. The number of carbonyl (C=O) groups is 1. The molecule has 54 valence electrons. The van der Waals surface area contributed by atoms with Gasteiger partial charge in [0.15, 0.2) is 5.78 Å². The third-order valence-corrected chi connectivity index (χ3v) is 1.89. The number of halogens is 1. The lowest BCUT2D eigenvalue weighted by molar-refractivity contribution is 0.101. The summed E-state index contributed by atoms with van der Waals surface area (Å²) in [5.74, 6) is -0.0104. The van der Waals surface area contributed by atoms with Gasteiger partial charge in [-0.2, -0.15) is 0 Å². The number of benzene rings is 1. The highest BCUT2D eigenvalue weighted by Gasteiger charge is 2.02. The molecule has 0 bridgehead atoms. The highest BCUT2D eigenvalue weighted by atomic mass is 79.9. The summed E-state index contributed by atoms with van der Waals surface area (Å²) in [7, 11) is 5.55. The van der Waals surface area contributed by atoms with Crippen LogP contribution in [0.1, 0.15) is 17.3 Å². The van der Waals surface area contributed by atoms with E-state index in [1.807, 2.05) is 6.07 Å². The Morgan fingerprint density at radius 3 is 2.64 bits per heavy atom. The molecule has 0 aliphatic carbocycles. The van der Waals surface area contributed by atoms with Crippen molar-refractivity contribution in [3.05, 3.63) is 28.2 Å². The van der Waals surface area contributed by atoms with E-state index < -0.39 is 0 Å². The summed E-state index contributed by atoms with van der Waals surface area (Å²) in [6, 6.07) is 5.24. The summed E-state index contributed by atoms with van der Waals surface area (Å²) < 4.78 is 0.872. The molecule has 1 nitrogen and oxygen atoms in total. The summed E-state index contributed by atoms with van der Waals surface area (Å²) in [5, 5.41) is 0. The minimum Gasteiger partial charge on any atom is -0.295 e. The first kappa shape index (κ1) is 8.53. The van der Waals surface area contributed by atoms with Crippen molar-refractivity contribution in [1.29, 1.82) is 0 Å². The van der Waals surface area contributed by atoms with Gasteiger partial charge in [-0.3, -0.25) is 4.79 Å². The normalized spacial score (nSPS) is 9.64. The van der Waals surface area contributed by atoms with Gasteiger partial charge in [0.1, 0.15) is 7.85 Å². The van der Waals surface area contributed by atoms with Gasteiger partial charge in [-0.1, -0.05) is 27.5 Å². The van der Waals surface area contributed by atoms with Crippen LogP contribution in [-0.2, 0) is 0 Å². The molecule has 0 spiro atoms. The van der Waals surface area contributed by atoms with Crippen molar-refractivity contribution in [2.24, 2.45) is 0 Å². The lowest BCUT2D eigenvalue weighted by Crippen LogP contribution is -2.13. The molecule has 0 saturated heterocycles. The molecule has 3 heteroatoms. The van der Waals surface area contributed by atoms with Gasteiger partial charge in [0.25, 0.3) is 0 Å². The minimum absolute atomic E-state index is 0.0104. The third kappa shape index (κ3) is 1.93. The van der Waals surface area contributed by atoms with Gasteiger partial charge in [0, 0.05) is 10.0 Å². The quantitative estimate of drug-likeness (QED) is 0.505. The average Bonchev–Trinajstić information content (AvgIpc) is 1.94. The Balaban J connectivity index is 3.23. The highest BCUT2D eigenvalue weighted by Crippen LogP contribution is 2.09. The van der Waals surface area contributed by atoms with Crippen molar-refractivity contribution in [3.8, 4) is 0 Å². The van der Waals surface area contributed by atoms with Crippen molar-refractivity contribution in [3.63, 3.8) is 0 Å². The number of Topliss-reactive ketones (excluding diaryl/α,β-unsaturated/α-hetero) is 1. The molecule has 1 aromatic rings. The molecule has 0 atom stereocenters. The number of ketones is 1. The first-order valence-corrected chi connectivity index (χ1v) is 3.96. The second-order valence-corrected chi connectivity index (χ2v) is 3.20. The van der Waals surface area contributed by atoms with E-state index in [9.17, 15) is 4.79 Å². The van der Waals surface area contributed by atoms with E-state index in [1.165, 1.54) is 6.92 Å². The fourth-order valence-corrected chi connectivity index (χ4v) is 1.19. The van der Waals surface area contributed by atoms with E-state index in [2.05, 4.69) is 15.9 Å². The Bertz CT molecular complexity index is 296. The van der Waals surface area contributed by atoms with Gasteiger partial charge in [-0.15, -0.1) is 0 Å². The Morgan fingerprint density at radius 2 is 2.18 bits per heavy atom. The topological polar surface area (TPSA) is 17.1 Å². The Hall–Kier alpha value is -0.565. The monoisotopic (exact) mass is 208 g/mol. The zero-order valence-corrected chi connectivity index (χ0v) is 7.68. The van der Waals surface area contributed by atoms with E-state index >= 15 is 0 Å². The molecular formula is C8H6BBrO.